The Morgan fingerprint density at radius 2 is 1.95 bits per heavy atom. The summed E-state index contributed by atoms with van der Waals surface area (Å²) in [6, 6.07) is 8.23. The summed E-state index contributed by atoms with van der Waals surface area (Å²) < 4.78 is 0. The number of nitrogens with one attached hydrogen (secondary N) is 1. The van der Waals surface area contributed by atoms with E-state index in [2.05, 4.69) is 46.0 Å². The predicted octanol–water partition coefficient (Wildman–Crippen LogP) is 5.25. The van der Waals surface area contributed by atoms with Gasteiger partial charge in [0.2, 0.25) is 0 Å². The number of nitrogens with zero attached hydrogens (tertiary/aromatic N) is 1. The third-order valence-electron chi connectivity index (χ3n) is 3.42. The van der Waals surface area contributed by atoms with Gasteiger partial charge in [-0.05, 0) is 25.5 Å². The summed E-state index contributed by atoms with van der Waals surface area (Å²) in [6.07, 6.45) is 0. The first-order valence-corrected chi connectivity index (χ1v) is 8.43. The first-order chi connectivity index (χ1) is 9.79. The van der Waals surface area contributed by atoms with Gasteiger partial charge in [-0.25, -0.2) is 4.98 Å². The van der Waals surface area contributed by atoms with E-state index in [1.807, 2.05) is 29.5 Å². The van der Waals surface area contributed by atoms with Gasteiger partial charge in [-0.3, -0.25) is 0 Å². The van der Waals surface area contributed by atoms with E-state index in [1.54, 1.807) is 0 Å². The minimum atomic E-state index is 0.107. The van der Waals surface area contributed by atoms with Crippen LogP contribution >= 0.6 is 22.9 Å². The van der Waals surface area contributed by atoms with Gasteiger partial charge in [0, 0.05) is 27.9 Å². The zero-order valence-corrected chi connectivity index (χ0v) is 14.9. The maximum Gasteiger partial charge on any atom is 0.0985 e. The molecule has 0 amide bonds. The lowest BCUT2D eigenvalue weighted by Gasteiger charge is -2.15. The number of aryl methyl sites for hydroxylation is 1. The van der Waals surface area contributed by atoms with E-state index in [0.29, 0.717) is 0 Å². The molecule has 1 heterocycles. The van der Waals surface area contributed by atoms with Gasteiger partial charge in [-0.2, -0.15) is 0 Å². The summed E-state index contributed by atoms with van der Waals surface area (Å²) in [5.41, 5.74) is 2.36. The Bertz CT molecular complexity index is 613. The molecular formula is C17H23ClN2S. The fourth-order valence-corrected chi connectivity index (χ4v) is 3.48. The molecule has 1 unspecified atom stereocenters. The van der Waals surface area contributed by atoms with Crippen molar-refractivity contribution in [1.82, 2.24) is 10.3 Å². The second-order valence-electron chi connectivity index (χ2n) is 6.41. The largest absolute Gasteiger partial charge is 0.305 e. The summed E-state index contributed by atoms with van der Waals surface area (Å²) in [5.74, 6) is 0. The lowest BCUT2D eigenvalue weighted by atomic mass is 9.98. The molecule has 2 nitrogen and oxygen atoms in total. The molecule has 1 aromatic heterocycles. The van der Waals surface area contributed by atoms with Crippen molar-refractivity contribution in [2.24, 2.45) is 0 Å². The molecule has 0 aliphatic heterocycles. The molecule has 1 N–H and O–H groups in total. The smallest absolute Gasteiger partial charge is 0.0985 e. The molecule has 114 valence electrons. The van der Waals surface area contributed by atoms with Crippen molar-refractivity contribution in [3.8, 4) is 0 Å². The Kier molecular flexibility index (Phi) is 5.07. The Morgan fingerprint density at radius 1 is 1.29 bits per heavy atom. The van der Waals surface area contributed by atoms with E-state index in [9.17, 15) is 0 Å². The summed E-state index contributed by atoms with van der Waals surface area (Å²) >= 11 is 8.01. The second-order valence-corrected chi connectivity index (χ2v) is 7.85. The van der Waals surface area contributed by atoms with Gasteiger partial charge in [-0.15, -0.1) is 11.3 Å². The van der Waals surface area contributed by atoms with Gasteiger partial charge in [0.1, 0.15) is 0 Å². The van der Waals surface area contributed by atoms with Crippen LogP contribution in [-0.2, 0) is 12.0 Å². The SMILES string of the molecule is Cc1nc(C(C)(C)C)sc1C(C)NCc1ccccc1Cl. The number of thiazole rings is 1. The summed E-state index contributed by atoms with van der Waals surface area (Å²) in [7, 11) is 0. The molecule has 0 fully saturated rings. The van der Waals surface area contributed by atoms with E-state index in [0.717, 1.165) is 22.8 Å². The molecule has 21 heavy (non-hydrogen) atoms. The van der Waals surface area contributed by atoms with Gasteiger partial charge in [0.25, 0.3) is 0 Å². The van der Waals surface area contributed by atoms with Crippen molar-refractivity contribution < 1.29 is 0 Å². The van der Waals surface area contributed by atoms with E-state index < -0.39 is 0 Å². The number of aromatic nitrogens is 1. The highest BCUT2D eigenvalue weighted by molar-refractivity contribution is 7.12. The normalized spacial score (nSPS) is 13.4. The summed E-state index contributed by atoms with van der Waals surface area (Å²) in [4.78, 5) is 6.04. The van der Waals surface area contributed by atoms with Crippen LogP contribution in [0.4, 0.5) is 0 Å². The van der Waals surface area contributed by atoms with Crippen LogP contribution in [0.3, 0.4) is 0 Å². The fourth-order valence-electron chi connectivity index (χ4n) is 2.13. The van der Waals surface area contributed by atoms with Crippen molar-refractivity contribution in [1.29, 1.82) is 0 Å². The Labute approximate surface area is 136 Å². The van der Waals surface area contributed by atoms with Crippen LogP contribution in [0.5, 0.6) is 0 Å². The van der Waals surface area contributed by atoms with Crippen molar-refractivity contribution in [3.05, 3.63) is 50.4 Å². The second kappa shape index (κ2) is 6.47. The maximum absolute atomic E-state index is 6.20. The van der Waals surface area contributed by atoms with Gasteiger partial charge in [-0.1, -0.05) is 50.6 Å². The Morgan fingerprint density at radius 3 is 2.52 bits per heavy atom. The number of hydrogen-bond acceptors (Lipinski definition) is 3. The minimum Gasteiger partial charge on any atom is -0.305 e. The molecule has 0 spiro atoms. The van der Waals surface area contributed by atoms with E-state index >= 15 is 0 Å². The first-order valence-electron chi connectivity index (χ1n) is 7.23. The molecule has 1 aromatic carbocycles. The lowest BCUT2D eigenvalue weighted by molar-refractivity contribution is 0.577. The summed E-state index contributed by atoms with van der Waals surface area (Å²) in [6.45, 7) is 11.7. The molecule has 2 aromatic rings. The molecule has 0 aliphatic rings. The van der Waals surface area contributed by atoms with Crippen LogP contribution in [0.1, 0.15) is 54.9 Å². The average molecular weight is 323 g/mol. The molecule has 0 radical (unpaired) electrons. The van der Waals surface area contributed by atoms with Gasteiger partial charge < -0.3 is 5.32 Å². The highest BCUT2D eigenvalue weighted by Crippen LogP contribution is 2.32. The standard InChI is InChI=1S/C17H23ClN2S/c1-11(19-10-13-8-6-7-9-14(13)18)15-12(2)20-16(21-15)17(3,4)5/h6-9,11,19H,10H2,1-5H3. The summed E-state index contributed by atoms with van der Waals surface area (Å²) in [5, 5.41) is 5.56. The molecule has 0 aliphatic carbocycles. The van der Waals surface area contributed by atoms with Crippen LogP contribution < -0.4 is 5.32 Å². The van der Waals surface area contributed by atoms with Gasteiger partial charge in [0.15, 0.2) is 0 Å². The highest BCUT2D eigenvalue weighted by Gasteiger charge is 2.22. The van der Waals surface area contributed by atoms with Crippen LogP contribution in [0, 0.1) is 6.92 Å². The molecule has 0 saturated heterocycles. The lowest BCUT2D eigenvalue weighted by Crippen LogP contribution is -2.18. The van der Waals surface area contributed by atoms with Crippen LogP contribution in [0.25, 0.3) is 0 Å². The van der Waals surface area contributed by atoms with Gasteiger partial charge >= 0.3 is 0 Å². The van der Waals surface area contributed by atoms with Gasteiger partial charge in [0.05, 0.1) is 10.7 Å². The zero-order valence-electron chi connectivity index (χ0n) is 13.3. The van der Waals surface area contributed by atoms with E-state index in [4.69, 9.17) is 16.6 Å². The molecule has 4 heteroatoms. The van der Waals surface area contributed by atoms with Crippen LogP contribution in [0.15, 0.2) is 24.3 Å². The van der Waals surface area contributed by atoms with Crippen molar-refractivity contribution in [2.75, 3.05) is 0 Å². The average Bonchev–Trinajstić information content (AvgIpc) is 2.80. The number of halogens is 1. The third-order valence-corrected chi connectivity index (χ3v) is 5.56. The van der Waals surface area contributed by atoms with Crippen LogP contribution in [0.2, 0.25) is 5.02 Å². The topological polar surface area (TPSA) is 24.9 Å². The molecule has 0 bridgehead atoms. The monoisotopic (exact) mass is 322 g/mol. The predicted molar refractivity (Wildman–Crippen MR) is 92.3 cm³/mol. The van der Waals surface area contributed by atoms with Crippen molar-refractivity contribution in [2.45, 2.75) is 52.6 Å². The first kappa shape index (κ1) is 16.5. The fraction of sp³-hybridized carbons (Fsp3) is 0.471. The maximum atomic E-state index is 6.20. The van der Waals surface area contributed by atoms with Crippen molar-refractivity contribution >= 4 is 22.9 Å². The number of hydrogen-bond donors (Lipinski definition) is 1. The zero-order chi connectivity index (χ0) is 15.6. The molecular weight excluding hydrogens is 300 g/mol. The van der Waals surface area contributed by atoms with Crippen LogP contribution in [-0.4, -0.2) is 4.98 Å². The number of rotatable bonds is 4. The highest BCUT2D eigenvalue weighted by atomic mass is 35.5. The number of benzene rings is 1. The van der Waals surface area contributed by atoms with E-state index in [-0.39, 0.29) is 11.5 Å². The quantitative estimate of drug-likeness (QED) is 0.831. The third kappa shape index (κ3) is 4.06. The van der Waals surface area contributed by atoms with Crippen molar-refractivity contribution in [3.63, 3.8) is 0 Å². The molecule has 1 atom stereocenters. The minimum absolute atomic E-state index is 0.107. The molecule has 2 rings (SSSR count). The Hall–Kier alpha value is -0.900. The Balaban J connectivity index is 2.09. The molecule has 0 saturated carbocycles. The van der Waals surface area contributed by atoms with E-state index in [1.165, 1.54) is 9.88 Å².